The van der Waals surface area contributed by atoms with Gasteiger partial charge in [-0.25, -0.2) is 4.98 Å². The third-order valence-corrected chi connectivity index (χ3v) is 2.74. The molecule has 20 heavy (non-hydrogen) atoms. The van der Waals surface area contributed by atoms with E-state index in [-0.39, 0.29) is 0 Å². The molecule has 2 aromatic rings. The minimum absolute atomic E-state index is 0.620. The van der Waals surface area contributed by atoms with Crippen LogP contribution in [0.25, 0.3) is 0 Å². The van der Waals surface area contributed by atoms with Crippen LogP contribution in [-0.2, 0) is 6.54 Å². The van der Waals surface area contributed by atoms with Crippen molar-refractivity contribution in [1.29, 1.82) is 0 Å². The van der Waals surface area contributed by atoms with Crippen molar-refractivity contribution in [3.8, 4) is 5.88 Å². The number of hydrogen-bond donors (Lipinski definition) is 1. The van der Waals surface area contributed by atoms with Gasteiger partial charge in [-0.2, -0.15) is 4.98 Å². The number of rotatable bonds is 7. The zero-order valence-corrected chi connectivity index (χ0v) is 12.0. The average molecular weight is 272 g/mol. The Morgan fingerprint density at radius 1 is 1.25 bits per heavy atom. The topological polar surface area (TPSA) is 59.9 Å². The summed E-state index contributed by atoms with van der Waals surface area (Å²) in [6.45, 7) is 5.31. The van der Waals surface area contributed by atoms with Crippen molar-refractivity contribution < 1.29 is 4.74 Å². The fourth-order valence-corrected chi connectivity index (χ4v) is 1.71. The number of nitrogens with one attached hydrogen (secondary N) is 1. The monoisotopic (exact) mass is 272 g/mol. The minimum Gasteiger partial charge on any atom is -0.478 e. The van der Waals surface area contributed by atoms with Crippen LogP contribution in [0, 0.1) is 6.92 Å². The summed E-state index contributed by atoms with van der Waals surface area (Å²) in [4.78, 5) is 12.9. The van der Waals surface area contributed by atoms with Gasteiger partial charge < -0.3 is 10.1 Å². The van der Waals surface area contributed by atoms with Crippen molar-refractivity contribution in [2.75, 3.05) is 11.9 Å². The highest BCUT2D eigenvalue weighted by molar-refractivity contribution is 5.38. The van der Waals surface area contributed by atoms with E-state index in [9.17, 15) is 0 Å². The summed E-state index contributed by atoms with van der Waals surface area (Å²) in [5.41, 5.74) is 0.970. The molecule has 0 atom stereocenters. The molecule has 0 aliphatic rings. The summed E-state index contributed by atoms with van der Waals surface area (Å²) in [6, 6.07) is 7.66. The lowest BCUT2D eigenvalue weighted by atomic mass is 10.3. The maximum Gasteiger partial charge on any atom is 0.218 e. The Bertz CT molecular complexity index is 531. The molecule has 0 radical (unpaired) electrons. The Morgan fingerprint density at radius 2 is 2.15 bits per heavy atom. The van der Waals surface area contributed by atoms with Crippen molar-refractivity contribution in [3.63, 3.8) is 0 Å². The molecule has 0 aliphatic carbocycles. The molecule has 0 saturated heterocycles. The Labute approximate surface area is 119 Å². The van der Waals surface area contributed by atoms with E-state index in [4.69, 9.17) is 4.74 Å². The van der Waals surface area contributed by atoms with E-state index in [1.807, 2.05) is 31.2 Å². The Kier molecular flexibility index (Phi) is 5.29. The Morgan fingerprint density at radius 3 is 2.90 bits per heavy atom. The smallest absolute Gasteiger partial charge is 0.218 e. The second kappa shape index (κ2) is 7.43. The van der Waals surface area contributed by atoms with E-state index in [0.717, 1.165) is 24.4 Å². The van der Waals surface area contributed by atoms with Crippen molar-refractivity contribution >= 4 is 5.82 Å². The lowest BCUT2D eigenvalue weighted by Crippen LogP contribution is -2.06. The predicted molar refractivity (Wildman–Crippen MR) is 78.7 cm³/mol. The summed E-state index contributed by atoms with van der Waals surface area (Å²) in [5, 5.41) is 3.24. The molecule has 0 amide bonds. The van der Waals surface area contributed by atoms with E-state index in [0.29, 0.717) is 24.9 Å². The molecule has 1 N–H and O–H groups in total. The molecule has 0 aliphatic heterocycles. The van der Waals surface area contributed by atoms with Crippen LogP contribution in [0.15, 0.2) is 30.5 Å². The van der Waals surface area contributed by atoms with Gasteiger partial charge in [0.05, 0.1) is 18.8 Å². The Hall–Kier alpha value is -2.17. The maximum absolute atomic E-state index is 5.61. The van der Waals surface area contributed by atoms with Gasteiger partial charge in [0, 0.05) is 12.3 Å². The highest BCUT2D eigenvalue weighted by Crippen LogP contribution is 2.14. The second-order valence-electron chi connectivity index (χ2n) is 4.52. The summed E-state index contributed by atoms with van der Waals surface area (Å²) >= 11 is 0. The van der Waals surface area contributed by atoms with Gasteiger partial charge in [-0.1, -0.05) is 19.4 Å². The van der Waals surface area contributed by atoms with Crippen LogP contribution in [0.5, 0.6) is 5.88 Å². The van der Waals surface area contributed by atoms with Gasteiger partial charge in [-0.3, -0.25) is 4.98 Å². The van der Waals surface area contributed by atoms with Crippen LogP contribution in [0.4, 0.5) is 5.82 Å². The molecule has 106 valence electrons. The number of nitrogens with zero attached hydrogens (tertiary/aromatic N) is 3. The summed E-state index contributed by atoms with van der Waals surface area (Å²) in [6.07, 6.45) is 3.91. The molecule has 0 saturated carbocycles. The first kappa shape index (κ1) is 14.2. The molecule has 0 unspecified atom stereocenters. The van der Waals surface area contributed by atoms with E-state index in [2.05, 4.69) is 27.2 Å². The van der Waals surface area contributed by atoms with Crippen molar-refractivity contribution in [2.24, 2.45) is 0 Å². The standard InChI is InChI=1S/C15H20N4O/c1-3-4-9-20-15-10-14(18-12(2)19-15)17-11-13-7-5-6-8-16-13/h5-8,10H,3-4,9,11H2,1-2H3,(H,17,18,19). The van der Waals surface area contributed by atoms with E-state index >= 15 is 0 Å². The Balaban J connectivity index is 1.97. The molecule has 0 aromatic carbocycles. The first-order valence-electron chi connectivity index (χ1n) is 6.90. The van der Waals surface area contributed by atoms with Gasteiger partial charge in [0.1, 0.15) is 11.6 Å². The van der Waals surface area contributed by atoms with Crippen LogP contribution >= 0.6 is 0 Å². The zero-order valence-electron chi connectivity index (χ0n) is 12.0. The first-order valence-corrected chi connectivity index (χ1v) is 6.90. The van der Waals surface area contributed by atoms with Crippen LogP contribution in [0.2, 0.25) is 0 Å². The highest BCUT2D eigenvalue weighted by atomic mass is 16.5. The number of unbranched alkanes of at least 4 members (excludes halogenated alkanes) is 1. The van der Waals surface area contributed by atoms with Crippen LogP contribution in [0.3, 0.4) is 0 Å². The molecule has 5 heteroatoms. The molecule has 0 bridgehead atoms. The normalized spacial score (nSPS) is 10.3. The van der Waals surface area contributed by atoms with Crippen molar-refractivity contribution in [2.45, 2.75) is 33.2 Å². The van der Waals surface area contributed by atoms with Crippen LogP contribution in [-0.4, -0.2) is 21.6 Å². The largest absolute Gasteiger partial charge is 0.478 e. The summed E-state index contributed by atoms with van der Waals surface area (Å²) in [5.74, 6) is 2.08. The number of aromatic nitrogens is 3. The molecule has 5 nitrogen and oxygen atoms in total. The molecule has 0 fully saturated rings. The van der Waals surface area contributed by atoms with E-state index in [1.165, 1.54) is 0 Å². The maximum atomic E-state index is 5.61. The number of hydrogen-bond acceptors (Lipinski definition) is 5. The minimum atomic E-state index is 0.620. The number of pyridine rings is 1. The quantitative estimate of drug-likeness (QED) is 0.785. The van der Waals surface area contributed by atoms with Gasteiger partial charge in [-0.05, 0) is 25.5 Å². The van der Waals surface area contributed by atoms with Crippen LogP contribution in [0.1, 0.15) is 31.3 Å². The van der Waals surface area contributed by atoms with E-state index in [1.54, 1.807) is 6.20 Å². The molecule has 2 aromatic heterocycles. The molecular weight excluding hydrogens is 252 g/mol. The number of ether oxygens (including phenoxy) is 1. The SMILES string of the molecule is CCCCOc1cc(NCc2ccccn2)nc(C)n1. The molecular formula is C15H20N4O. The van der Waals surface area contributed by atoms with Gasteiger partial charge in [-0.15, -0.1) is 0 Å². The third-order valence-electron chi connectivity index (χ3n) is 2.74. The lowest BCUT2D eigenvalue weighted by Gasteiger charge is -2.09. The first-order chi connectivity index (χ1) is 9.78. The molecule has 0 spiro atoms. The van der Waals surface area contributed by atoms with E-state index < -0.39 is 0 Å². The fraction of sp³-hybridized carbons (Fsp3) is 0.400. The lowest BCUT2D eigenvalue weighted by molar-refractivity contribution is 0.296. The summed E-state index contributed by atoms with van der Waals surface area (Å²) < 4.78 is 5.61. The van der Waals surface area contributed by atoms with Crippen molar-refractivity contribution in [1.82, 2.24) is 15.0 Å². The zero-order chi connectivity index (χ0) is 14.2. The van der Waals surface area contributed by atoms with Crippen LogP contribution < -0.4 is 10.1 Å². The summed E-state index contributed by atoms with van der Waals surface area (Å²) in [7, 11) is 0. The van der Waals surface area contributed by atoms with Gasteiger partial charge in [0.15, 0.2) is 0 Å². The van der Waals surface area contributed by atoms with Gasteiger partial charge in [0.2, 0.25) is 5.88 Å². The molecule has 2 rings (SSSR count). The number of anilines is 1. The highest BCUT2D eigenvalue weighted by Gasteiger charge is 2.03. The third kappa shape index (κ3) is 4.50. The average Bonchev–Trinajstić information content (AvgIpc) is 2.46. The fourth-order valence-electron chi connectivity index (χ4n) is 1.71. The predicted octanol–water partition coefficient (Wildman–Crippen LogP) is 2.97. The number of aryl methyl sites for hydroxylation is 1. The van der Waals surface area contributed by atoms with Gasteiger partial charge in [0.25, 0.3) is 0 Å². The second-order valence-corrected chi connectivity index (χ2v) is 4.52. The molecule has 2 heterocycles. The van der Waals surface area contributed by atoms with Crippen molar-refractivity contribution in [3.05, 3.63) is 42.0 Å². The van der Waals surface area contributed by atoms with Gasteiger partial charge >= 0.3 is 0 Å².